The topological polar surface area (TPSA) is 39.7 Å². The van der Waals surface area contributed by atoms with Crippen LogP contribution >= 0.6 is 12.2 Å². The van der Waals surface area contributed by atoms with Crippen molar-refractivity contribution >= 4 is 34.9 Å². The summed E-state index contributed by atoms with van der Waals surface area (Å²) in [7, 11) is 0. The Morgan fingerprint density at radius 2 is 2.11 bits per heavy atom. The summed E-state index contributed by atoms with van der Waals surface area (Å²) in [4.78, 5) is 2.49. The first-order valence-electron chi connectivity index (χ1n) is 9.62. The van der Waals surface area contributed by atoms with Gasteiger partial charge in [0.2, 0.25) is 0 Å². The molecule has 27 heavy (non-hydrogen) atoms. The zero-order valence-electron chi connectivity index (χ0n) is 16.4. The predicted octanol–water partition coefficient (Wildman–Crippen LogP) is 4.79. The Labute approximate surface area is 167 Å². The SMILES string of the molecule is CCCN1CCCc2cc(C=NNC(=S)Nc3cccc(C)c3C)ccc21. The van der Waals surface area contributed by atoms with E-state index in [2.05, 4.69) is 65.8 Å². The maximum Gasteiger partial charge on any atom is 0.191 e. The quantitative estimate of drug-likeness (QED) is 0.445. The number of hydrazone groups is 1. The third kappa shape index (κ3) is 4.86. The average Bonchev–Trinajstić information content (AvgIpc) is 2.66. The van der Waals surface area contributed by atoms with E-state index in [0.717, 1.165) is 30.8 Å². The van der Waals surface area contributed by atoms with Gasteiger partial charge in [-0.2, -0.15) is 5.10 Å². The average molecular weight is 381 g/mol. The number of nitrogens with zero attached hydrogens (tertiary/aromatic N) is 2. The van der Waals surface area contributed by atoms with Crippen LogP contribution in [-0.2, 0) is 6.42 Å². The van der Waals surface area contributed by atoms with Crippen molar-refractivity contribution in [3.05, 3.63) is 58.7 Å². The first kappa shape index (κ1) is 19.4. The number of hydrogen-bond donors (Lipinski definition) is 2. The lowest BCUT2D eigenvalue weighted by Crippen LogP contribution is -2.30. The van der Waals surface area contributed by atoms with Gasteiger partial charge in [-0.1, -0.05) is 25.1 Å². The van der Waals surface area contributed by atoms with E-state index in [-0.39, 0.29) is 0 Å². The second-order valence-electron chi connectivity index (χ2n) is 7.05. The van der Waals surface area contributed by atoms with Crippen LogP contribution in [0.3, 0.4) is 0 Å². The van der Waals surface area contributed by atoms with Gasteiger partial charge in [0, 0.05) is 24.5 Å². The molecule has 142 valence electrons. The second kappa shape index (κ2) is 9.00. The molecule has 1 heterocycles. The first-order valence-corrected chi connectivity index (χ1v) is 10.0. The van der Waals surface area contributed by atoms with Gasteiger partial charge in [-0.15, -0.1) is 0 Å². The van der Waals surface area contributed by atoms with Crippen LogP contribution in [0.4, 0.5) is 11.4 Å². The highest BCUT2D eigenvalue weighted by atomic mass is 32.1. The van der Waals surface area contributed by atoms with E-state index in [4.69, 9.17) is 12.2 Å². The van der Waals surface area contributed by atoms with Gasteiger partial charge in [-0.3, -0.25) is 5.43 Å². The van der Waals surface area contributed by atoms with Gasteiger partial charge in [0.25, 0.3) is 0 Å². The summed E-state index contributed by atoms with van der Waals surface area (Å²) in [5.74, 6) is 0. The molecule has 2 aromatic carbocycles. The Bertz CT molecular complexity index is 844. The molecule has 3 rings (SSSR count). The number of anilines is 2. The maximum atomic E-state index is 5.35. The summed E-state index contributed by atoms with van der Waals surface area (Å²) >= 11 is 5.35. The number of hydrogen-bond acceptors (Lipinski definition) is 3. The zero-order valence-corrected chi connectivity index (χ0v) is 17.2. The highest BCUT2D eigenvalue weighted by Crippen LogP contribution is 2.27. The molecule has 0 radical (unpaired) electrons. The Morgan fingerprint density at radius 3 is 2.93 bits per heavy atom. The van der Waals surface area contributed by atoms with Gasteiger partial charge in [0.15, 0.2) is 5.11 Å². The Kier molecular flexibility index (Phi) is 6.45. The fraction of sp³-hybridized carbons (Fsp3) is 0.364. The van der Waals surface area contributed by atoms with E-state index in [1.54, 1.807) is 0 Å². The van der Waals surface area contributed by atoms with Gasteiger partial charge in [0.1, 0.15) is 0 Å². The van der Waals surface area contributed by atoms with Crippen molar-refractivity contribution in [1.29, 1.82) is 0 Å². The van der Waals surface area contributed by atoms with Crippen LogP contribution < -0.4 is 15.6 Å². The standard InChI is InChI=1S/C22H28N4S/c1-4-12-26-13-6-8-19-14-18(10-11-21(19)26)15-23-25-22(27)24-20-9-5-7-16(2)17(20)3/h5,7,9-11,14-15H,4,6,8,12-13H2,1-3H3,(H2,24,25,27). The first-order chi connectivity index (χ1) is 13.1. The van der Waals surface area contributed by atoms with E-state index in [0.29, 0.717) is 5.11 Å². The minimum absolute atomic E-state index is 0.493. The molecule has 0 saturated heterocycles. The lowest BCUT2D eigenvalue weighted by atomic mass is 9.99. The van der Waals surface area contributed by atoms with E-state index < -0.39 is 0 Å². The summed E-state index contributed by atoms with van der Waals surface area (Å²) < 4.78 is 0. The molecule has 0 aromatic heterocycles. The lowest BCUT2D eigenvalue weighted by Gasteiger charge is -2.31. The molecule has 0 atom stereocenters. The monoisotopic (exact) mass is 380 g/mol. The number of thiocarbonyl (C=S) groups is 1. The fourth-order valence-electron chi connectivity index (χ4n) is 3.48. The van der Waals surface area contributed by atoms with E-state index in [1.165, 1.54) is 35.2 Å². The molecule has 0 amide bonds. The van der Waals surface area contributed by atoms with Crippen molar-refractivity contribution in [2.24, 2.45) is 5.10 Å². The minimum atomic E-state index is 0.493. The fourth-order valence-corrected chi connectivity index (χ4v) is 3.64. The van der Waals surface area contributed by atoms with Crippen molar-refractivity contribution in [1.82, 2.24) is 5.43 Å². The smallest absolute Gasteiger partial charge is 0.191 e. The molecule has 4 nitrogen and oxygen atoms in total. The molecule has 0 aliphatic carbocycles. The van der Waals surface area contributed by atoms with Gasteiger partial charge >= 0.3 is 0 Å². The zero-order chi connectivity index (χ0) is 19.2. The molecule has 0 saturated carbocycles. The predicted molar refractivity (Wildman–Crippen MR) is 120 cm³/mol. The van der Waals surface area contributed by atoms with Crippen molar-refractivity contribution in [2.75, 3.05) is 23.3 Å². The van der Waals surface area contributed by atoms with Crippen LogP contribution in [0, 0.1) is 13.8 Å². The van der Waals surface area contributed by atoms with E-state index >= 15 is 0 Å². The third-order valence-electron chi connectivity index (χ3n) is 5.04. The van der Waals surface area contributed by atoms with Crippen molar-refractivity contribution in [3.8, 4) is 0 Å². The van der Waals surface area contributed by atoms with Crippen LogP contribution in [-0.4, -0.2) is 24.4 Å². The number of fused-ring (bicyclic) bond motifs is 1. The van der Waals surface area contributed by atoms with Crippen molar-refractivity contribution < 1.29 is 0 Å². The van der Waals surface area contributed by atoms with E-state index in [1.807, 2.05) is 18.3 Å². The van der Waals surface area contributed by atoms with Gasteiger partial charge in [-0.05, 0) is 85.8 Å². The molecule has 2 aromatic rings. The largest absolute Gasteiger partial charge is 0.371 e. The number of benzene rings is 2. The summed E-state index contributed by atoms with van der Waals surface area (Å²) in [5, 5.41) is 8.00. The summed E-state index contributed by atoms with van der Waals surface area (Å²) in [6.45, 7) is 8.69. The summed E-state index contributed by atoms with van der Waals surface area (Å²) in [5.41, 5.74) is 10.2. The summed E-state index contributed by atoms with van der Waals surface area (Å²) in [6.07, 6.45) is 5.36. The van der Waals surface area contributed by atoms with Crippen LogP contribution in [0.5, 0.6) is 0 Å². The van der Waals surface area contributed by atoms with Crippen LogP contribution in [0.1, 0.15) is 42.0 Å². The van der Waals surface area contributed by atoms with Crippen LogP contribution in [0.2, 0.25) is 0 Å². The van der Waals surface area contributed by atoms with Crippen molar-refractivity contribution in [2.45, 2.75) is 40.0 Å². The minimum Gasteiger partial charge on any atom is -0.371 e. The Hall–Kier alpha value is -2.40. The summed E-state index contributed by atoms with van der Waals surface area (Å²) in [6, 6.07) is 12.7. The highest BCUT2D eigenvalue weighted by Gasteiger charge is 2.15. The maximum absolute atomic E-state index is 5.35. The molecule has 0 unspecified atom stereocenters. The lowest BCUT2D eigenvalue weighted by molar-refractivity contribution is 0.681. The number of nitrogens with one attached hydrogen (secondary N) is 2. The van der Waals surface area contributed by atoms with Crippen LogP contribution in [0.15, 0.2) is 41.5 Å². The third-order valence-corrected chi connectivity index (χ3v) is 5.24. The Morgan fingerprint density at radius 1 is 1.26 bits per heavy atom. The molecular weight excluding hydrogens is 352 g/mol. The number of rotatable bonds is 5. The molecule has 1 aliphatic heterocycles. The molecule has 0 spiro atoms. The second-order valence-corrected chi connectivity index (χ2v) is 7.46. The molecule has 1 aliphatic rings. The van der Waals surface area contributed by atoms with Gasteiger partial charge in [-0.25, -0.2) is 0 Å². The van der Waals surface area contributed by atoms with Gasteiger partial charge in [0.05, 0.1) is 6.21 Å². The molecule has 0 bridgehead atoms. The molecule has 0 fully saturated rings. The van der Waals surface area contributed by atoms with Gasteiger partial charge < -0.3 is 10.2 Å². The molecular formula is C22H28N4S. The Balaban J connectivity index is 1.61. The normalized spacial score (nSPS) is 13.5. The molecule has 2 N–H and O–H groups in total. The molecule has 5 heteroatoms. The van der Waals surface area contributed by atoms with E-state index in [9.17, 15) is 0 Å². The highest BCUT2D eigenvalue weighted by molar-refractivity contribution is 7.80. The number of aryl methyl sites for hydroxylation is 2. The van der Waals surface area contributed by atoms with Crippen molar-refractivity contribution in [3.63, 3.8) is 0 Å². The van der Waals surface area contributed by atoms with Crippen LogP contribution in [0.25, 0.3) is 0 Å².